The standard InChI is InChI=1S/C17H22FN3O4S/c18-13-5-3-12(4-6-13)15-2-1-8-21(15)10-16(22)20-17(23)19-14-7-9-26(24,25)11-14/h3-6,14-15H,1-2,7-11H2,(H2,19,20,22,23)/t14-,15-/m0/s1. The quantitative estimate of drug-likeness (QED) is 0.808. The van der Waals surface area contributed by atoms with Crippen LogP contribution >= 0.6 is 0 Å². The van der Waals surface area contributed by atoms with Gasteiger partial charge in [0.25, 0.3) is 0 Å². The van der Waals surface area contributed by atoms with Crippen LogP contribution in [0.15, 0.2) is 24.3 Å². The van der Waals surface area contributed by atoms with Crippen LogP contribution in [-0.2, 0) is 14.6 Å². The second-order valence-corrected chi connectivity index (χ2v) is 9.03. The SMILES string of the molecule is O=C(CN1CCC[C@H]1c1ccc(F)cc1)NC(=O)N[C@H]1CCS(=O)(=O)C1. The van der Waals surface area contributed by atoms with E-state index < -0.39 is 27.8 Å². The zero-order valence-electron chi connectivity index (χ0n) is 14.3. The third-order valence-corrected chi connectivity index (χ3v) is 6.55. The van der Waals surface area contributed by atoms with Gasteiger partial charge in [-0.3, -0.25) is 15.0 Å². The summed E-state index contributed by atoms with van der Waals surface area (Å²) in [5, 5.41) is 4.79. The summed E-state index contributed by atoms with van der Waals surface area (Å²) in [5.41, 5.74) is 0.942. The molecule has 2 aliphatic heterocycles. The van der Waals surface area contributed by atoms with Crippen molar-refractivity contribution in [3.8, 4) is 0 Å². The van der Waals surface area contributed by atoms with Crippen molar-refractivity contribution >= 4 is 21.8 Å². The molecule has 2 heterocycles. The van der Waals surface area contributed by atoms with Crippen LogP contribution in [0.5, 0.6) is 0 Å². The van der Waals surface area contributed by atoms with Gasteiger partial charge in [-0.25, -0.2) is 17.6 Å². The Labute approximate surface area is 151 Å². The molecule has 7 nitrogen and oxygen atoms in total. The summed E-state index contributed by atoms with van der Waals surface area (Å²) in [6.07, 6.45) is 2.15. The summed E-state index contributed by atoms with van der Waals surface area (Å²) in [6.45, 7) is 0.774. The Morgan fingerprint density at radius 1 is 1.19 bits per heavy atom. The van der Waals surface area contributed by atoms with Gasteiger partial charge in [-0.15, -0.1) is 0 Å². The maximum atomic E-state index is 13.1. The van der Waals surface area contributed by atoms with Gasteiger partial charge in [0.1, 0.15) is 5.82 Å². The number of hydrogen-bond donors (Lipinski definition) is 2. The fraction of sp³-hybridized carbons (Fsp3) is 0.529. The molecule has 142 valence electrons. The number of carbonyl (C=O) groups is 2. The lowest BCUT2D eigenvalue weighted by Crippen LogP contribution is -2.47. The fourth-order valence-corrected chi connectivity index (χ4v) is 5.23. The van der Waals surface area contributed by atoms with Crippen molar-refractivity contribution in [1.82, 2.24) is 15.5 Å². The number of carbonyl (C=O) groups excluding carboxylic acids is 2. The first kappa shape index (κ1) is 18.8. The molecule has 1 aromatic carbocycles. The van der Waals surface area contributed by atoms with Gasteiger partial charge in [0, 0.05) is 12.1 Å². The number of hydrogen-bond acceptors (Lipinski definition) is 5. The van der Waals surface area contributed by atoms with E-state index in [4.69, 9.17) is 0 Å². The van der Waals surface area contributed by atoms with Crippen LogP contribution in [0.1, 0.15) is 30.9 Å². The van der Waals surface area contributed by atoms with E-state index in [0.29, 0.717) is 6.42 Å². The van der Waals surface area contributed by atoms with Crippen molar-refractivity contribution in [2.45, 2.75) is 31.3 Å². The first-order chi connectivity index (χ1) is 12.3. The van der Waals surface area contributed by atoms with E-state index in [-0.39, 0.29) is 29.9 Å². The first-order valence-corrected chi connectivity index (χ1v) is 10.4. The molecule has 1 aromatic rings. The molecule has 2 aliphatic rings. The Bertz CT molecular complexity index is 782. The molecular weight excluding hydrogens is 361 g/mol. The molecule has 0 aromatic heterocycles. The number of rotatable bonds is 4. The van der Waals surface area contributed by atoms with E-state index in [1.165, 1.54) is 12.1 Å². The zero-order valence-corrected chi connectivity index (χ0v) is 15.1. The van der Waals surface area contributed by atoms with Gasteiger partial charge >= 0.3 is 6.03 Å². The van der Waals surface area contributed by atoms with Crippen LogP contribution in [0.2, 0.25) is 0 Å². The zero-order chi connectivity index (χ0) is 18.7. The minimum Gasteiger partial charge on any atom is -0.334 e. The van der Waals surface area contributed by atoms with Crippen LogP contribution in [0.3, 0.4) is 0 Å². The van der Waals surface area contributed by atoms with E-state index in [2.05, 4.69) is 10.6 Å². The van der Waals surface area contributed by atoms with E-state index in [1.807, 2.05) is 4.90 Å². The molecule has 0 spiro atoms. The predicted octanol–water partition coefficient (Wildman–Crippen LogP) is 0.976. The van der Waals surface area contributed by atoms with Crippen molar-refractivity contribution in [1.29, 1.82) is 0 Å². The molecule has 0 radical (unpaired) electrons. The van der Waals surface area contributed by atoms with Crippen LogP contribution in [0, 0.1) is 5.82 Å². The predicted molar refractivity (Wildman–Crippen MR) is 93.7 cm³/mol. The lowest BCUT2D eigenvalue weighted by molar-refractivity contribution is -0.121. The maximum absolute atomic E-state index is 13.1. The Morgan fingerprint density at radius 3 is 2.58 bits per heavy atom. The summed E-state index contributed by atoms with van der Waals surface area (Å²) in [4.78, 5) is 26.0. The molecule has 2 fully saturated rings. The Kier molecular flexibility index (Phi) is 5.57. The fourth-order valence-electron chi connectivity index (χ4n) is 3.56. The third kappa shape index (κ3) is 4.79. The number of nitrogens with one attached hydrogen (secondary N) is 2. The highest BCUT2D eigenvalue weighted by Crippen LogP contribution is 2.31. The van der Waals surface area contributed by atoms with Crippen molar-refractivity contribution in [3.63, 3.8) is 0 Å². The molecule has 0 aliphatic carbocycles. The maximum Gasteiger partial charge on any atom is 0.321 e. The summed E-state index contributed by atoms with van der Waals surface area (Å²) in [6, 6.07) is 5.11. The number of sulfone groups is 1. The minimum absolute atomic E-state index is 0.0180. The number of amides is 3. The summed E-state index contributed by atoms with van der Waals surface area (Å²) >= 11 is 0. The molecule has 26 heavy (non-hydrogen) atoms. The minimum atomic E-state index is -3.09. The van der Waals surface area contributed by atoms with Crippen molar-refractivity contribution in [3.05, 3.63) is 35.6 Å². The second-order valence-electron chi connectivity index (χ2n) is 6.80. The molecule has 2 N–H and O–H groups in total. The average Bonchev–Trinajstić information content (AvgIpc) is 3.14. The van der Waals surface area contributed by atoms with Crippen LogP contribution in [0.4, 0.5) is 9.18 Å². The molecular formula is C17H22FN3O4S. The Hall–Kier alpha value is -2.00. The van der Waals surface area contributed by atoms with Gasteiger partial charge in [0.15, 0.2) is 9.84 Å². The molecule has 3 amide bonds. The molecule has 3 rings (SSSR count). The first-order valence-electron chi connectivity index (χ1n) is 8.63. The number of nitrogens with zero attached hydrogens (tertiary/aromatic N) is 1. The van der Waals surface area contributed by atoms with Crippen LogP contribution in [0.25, 0.3) is 0 Å². The highest BCUT2D eigenvalue weighted by Gasteiger charge is 2.30. The number of imide groups is 1. The average molecular weight is 383 g/mol. The van der Waals surface area contributed by atoms with Gasteiger partial charge in [0.2, 0.25) is 5.91 Å². The largest absolute Gasteiger partial charge is 0.334 e. The third-order valence-electron chi connectivity index (χ3n) is 4.79. The Balaban J connectivity index is 1.50. The molecule has 2 atom stereocenters. The normalized spacial score (nSPS) is 25.1. The van der Waals surface area contributed by atoms with Crippen LogP contribution < -0.4 is 10.6 Å². The highest BCUT2D eigenvalue weighted by atomic mass is 32.2. The van der Waals surface area contributed by atoms with Gasteiger partial charge < -0.3 is 5.32 Å². The van der Waals surface area contributed by atoms with E-state index in [9.17, 15) is 22.4 Å². The lowest BCUT2D eigenvalue weighted by atomic mass is 10.0. The molecule has 0 unspecified atom stereocenters. The number of urea groups is 1. The van der Waals surface area contributed by atoms with E-state index in [1.54, 1.807) is 12.1 Å². The molecule has 0 bridgehead atoms. The van der Waals surface area contributed by atoms with Gasteiger partial charge in [-0.1, -0.05) is 12.1 Å². The topological polar surface area (TPSA) is 95.6 Å². The van der Waals surface area contributed by atoms with E-state index >= 15 is 0 Å². The number of halogens is 1. The summed E-state index contributed by atoms with van der Waals surface area (Å²) in [7, 11) is -3.09. The second kappa shape index (κ2) is 7.71. The molecule has 0 saturated carbocycles. The van der Waals surface area contributed by atoms with Gasteiger partial charge in [0.05, 0.1) is 18.1 Å². The monoisotopic (exact) mass is 383 g/mol. The van der Waals surface area contributed by atoms with Gasteiger partial charge in [-0.05, 0) is 43.5 Å². The molecule has 2 saturated heterocycles. The smallest absolute Gasteiger partial charge is 0.321 e. The summed E-state index contributed by atoms with van der Waals surface area (Å²) < 4.78 is 35.9. The van der Waals surface area contributed by atoms with Crippen LogP contribution in [-0.4, -0.2) is 55.9 Å². The van der Waals surface area contributed by atoms with Crippen molar-refractivity contribution in [2.24, 2.45) is 0 Å². The number of benzene rings is 1. The van der Waals surface area contributed by atoms with Gasteiger partial charge in [-0.2, -0.15) is 0 Å². The molecule has 9 heteroatoms. The van der Waals surface area contributed by atoms with Crippen molar-refractivity contribution < 1.29 is 22.4 Å². The van der Waals surface area contributed by atoms with E-state index in [0.717, 1.165) is 24.9 Å². The van der Waals surface area contributed by atoms with Crippen molar-refractivity contribution in [2.75, 3.05) is 24.6 Å². The summed E-state index contributed by atoms with van der Waals surface area (Å²) in [5.74, 6) is -0.786. The number of likely N-dealkylation sites (tertiary alicyclic amines) is 1. The highest BCUT2D eigenvalue weighted by molar-refractivity contribution is 7.91. The lowest BCUT2D eigenvalue weighted by Gasteiger charge is -2.24. The Morgan fingerprint density at radius 2 is 1.92 bits per heavy atom.